The Kier molecular flexibility index (Phi) is 4.04. The maximum absolute atomic E-state index is 12.5. The molecule has 1 amide bonds. The molecule has 0 aliphatic carbocycles. The molecule has 2 aromatic rings. The molecule has 2 heterocycles. The lowest BCUT2D eigenvalue weighted by atomic mass is 10.0. The summed E-state index contributed by atoms with van der Waals surface area (Å²) in [6, 6.07) is 10.2. The second kappa shape index (κ2) is 6.12. The van der Waals surface area contributed by atoms with Crippen LogP contribution in [0.4, 0.5) is 0 Å². The van der Waals surface area contributed by atoms with Gasteiger partial charge in [-0.1, -0.05) is 12.1 Å². The van der Waals surface area contributed by atoms with E-state index in [1.807, 2.05) is 46.1 Å². The Labute approximate surface area is 125 Å². The van der Waals surface area contributed by atoms with Crippen molar-refractivity contribution < 1.29 is 4.79 Å². The number of hydrogen-bond donors (Lipinski definition) is 0. The first kappa shape index (κ1) is 13.9. The van der Waals surface area contributed by atoms with Gasteiger partial charge >= 0.3 is 0 Å². The Hall–Kier alpha value is -2.10. The van der Waals surface area contributed by atoms with Crippen LogP contribution in [0.3, 0.4) is 0 Å². The number of benzene rings is 1. The van der Waals surface area contributed by atoms with Crippen LogP contribution in [0.25, 0.3) is 0 Å². The Morgan fingerprint density at radius 2 is 2.10 bits per heavy atom. The van der Waals surface area contributed by atoms with Gasteiger partial charge in [-0.15, -0.1) is 0 Å². The van der Waals surface area contributed by atoms with Crippen molar-refractivity contribution in [2.75, 3.05) is 6.54 Å². The van der Waals surface area contributed by atoms with Crippen LogP contribution in [0.2, 0.25) is 0 Å². The molecule has 1 aromatic heterocycles. The van der Waals surface area contributed by atoms with Gasteiger partial charge in [0.05, 0.1) is 6.54 Å². The minimum absolute atomic E-state index is 0.160. The molecular weight excluding hydrogens is 262 g/mol. The SMILES string of the molecule is CC1CCCCN1C(=O)c1ccc(Cn2cccn2)cc1. The number of aromatic nitrogens is 2. The van der Waals surface area contributed by atoms with E-state index in [1.54, 1.807) is 6.20 Å². The summed E-state index contributed by atoms with van der Waals surface area (Å²) in [4.78, 5) is 14.6. The second-order valence-electron chi connectivity index (χ2n) is 5.74. The molecule has 0 N–H and O–H groups in total. The van der Waals surface area contributed by atoms with Gasteiger partial charge in [-0.05, 0) is 49.9 Å². The van der Waals surface area contributed by atoms with Gasteiger partial charge in [-0.25, -0.2) is 0 Å². The molecule has 0 spiro atoms. The van der Waals surface area contributed by atoms with E-state index >= 15 is 0 Å². The number of rotatable bonds is 3. The lowest BCUT2D eigenvalue weighted by Gasteiger charge is -2.33. The van der Waals surface area contributed by atoms with E-state index in [4.69, 9.17) is 0 Å². The zero-order valence-electron chi connectivity index (χ0n) is 12.4. The predicted octanol–water partition coefficient (Wildman–Crippen LogP) is 2.95. The number of carbonyl (C=O) groups excluding carboxylic acids is 1. The van der Waals surface area contributed by atoms with Gasteiger partial charge in [0.15, 0.2) is 0 Å². The Morgan fingerprint density at radius 3 is 2.76 bits per heavy atom. The lowest BCUT2D eigenvalue weighted by Crippen LogP contribution is -2.42. The molecule has 110 valence electrons. The summed E-state index contributed by atoms with van der Waals surface area (Å²) < 4.78 is 1.88. The van der Waals surface area contributed by atoms with Crippen molar-refractivity contribution in [1.82, 2.24) is 14.7 Å². The van der Waals surface area contributed by atoms with E-state index in [0.717, 1.165) is 37.1 Å². The van der Waals surface area contributed by atoms with Crippen LogP contribution in [-0.2, 0) is 6.54 Å². The van der Waals surface area contributed by atoms with E-state index < -0.39 is 0 Å². The van der Waals surface area contributed by atoms with Crippen molar-refractivity contribution in [1.29, 1.82) is 0 Å². The molecule has 1 aliphatic heterocycles. The highest BCUT2D eigenvalue weighted by molar-refractivity contribution is 5.94. The summed E-state index contributed by atoms with van der Waals surface area (Å²) in [5, 5.41) is 4.19. The van der Waals surface area contributed by atoms with Gasteiger partial charge in [0.1, 0.15) is 0 Å². The van der Waals surface area contributed by atoms with Crippen LogP contribution in [0, 0.1) is 0 Å². The van der Waals surface area contributed by atoms with E-state index in [0.29, 0.717) is 6.04 Å². The van der Waals surface area contributed by atoms with E-state index in [2.05, 4.69) is 12.0 Å². The van der Waals surface area contributed by atoms with Crippen molar-refractivity contribution in [2.24, 2.45) is 0 Å². The number of hydrogen-bond acceptors (Lipinski definition) is 2. The van der Waals surface area contributed by atoms with Crippen LogP contribution < -0.4 is 0 Å². The topological polar surface area (TPSA) is 38.1 Å². The average Bonchev–Trinajstić information content (AvgIpc) is 3.01. The van der Waals surface area contributed by atoms with Crippen LogP contribution in [0.1, 0.15) is 42.1 Å². The first-order valence-electron chi connectivity index (χ1n) is 7.61. The molecule has 1 aliphatic rings. The maximum atomic E-state index is 12.5. The fourth-order valence-corrected chi connectivity index (χ4v) is 2.90. The molecule has 1 atom stereocenters. The quantitative estimate of drug-likeness (QED) is 0.868. The summed E-state index contributed by atoms with van der Waals surface area (Å²) in [5.41, 5.74) is 1.94. The summed E-state index contributed by atoms with van der Waals surface area (Å²) in [7, 11) is 0. The maximum Gasteiger partial charge on any atom is 0.254 e. The fourth-order valence-electron chi connectivity index (χ4n) is 2.90. The third-order valence-corrected chi connectivity index (χ3v) is 4.17. The molecule has 4 nitrogen and oxygen atoms in total. The van der Waals surface area contributed by atoms with Crippen molar-refractivity contribution in [3.8, 4) is 0 Å². The predicted molar refractivity (Wildman–Crippen MR) is 82.1 cm³/mol. The van der Waals surface area contributed by atoms with E-state index in [-0.39, 0.29) is 5.91 Å². The highest BCUT2D eigenvalue weighted by atomic mass is 16.2. The van der Waals surface area contributed by atoms with Gasteiger partial charge in [-0.3, -0.25) is 9.48 Å². The average molecular weight is 283 g/mol. The van der Waals surface area contributed by atoms with Gasteiger partial charge in [0, 0.05) is 30.5 Å². The second-order valence-corrected chi connectivity index (χ2v) is 5.74. The van der Waals surface area contributed by atoms with Gasteiger partial charge in [0.25, 0.3) is 5.91 Å². The van der Waals surface area contributed by atoms with Gasteiger partial charge in [-0.2, -0.15) is 5.10 Å². The molecule has 1 fully saturated rings. The van der Waals surface area contributed by atoms with Crippen LogP contribution in [0.15, 0.2) is 42.7 Å². The smallest absolute Gasteiger partial charge is 0.254 e. The molecule has 0 radical (unpaired) electrons. The molecule has 1 aromatic carbocycles. The largest absolute Gasteiger partial charge is 0.336 e. The standard InChI is InChI=1S/C17H21N3O/c1-14-5-2-3-12-20(14)17(21)16-8-6-15(7-9-16)13-19-11-4-10-18-19/h4,6-11,14H,2-3,5,12-13H2,1H3. The molecule has 3 rings (SSSR count). The third kappa shape index (κ3) is 3.15. The van der Waals surface area contributed by atoms with Crippen molar-refractivity contribution >= 4 is 5.91 Å². The monoisotopic (exact) mass is 283 g/mol. The highest BCUT2D eigenvalue weighted by Gasteiger charge is 2.23. The van der Waals surface area contributed by atoms with E-state index in [1.165, 1.54) is 6.42 Å². The zero-order valence-corrected chi connectivity index (χ0v) is 12.4. The third-order valence-electron chi connectivity index (χ3n) is 4.17. The Morgan fingerprint density at radius 1 is 1.29 bits per heavy atom. The summed E-state index contributed by atoms with van der Waals surface area (Å²) >= 11 is 0. The molecule has 0 saturated carbocycles. The zero-order chi connectivity index (χ0) is 14.7. The molecule has 21 heavy (non-hydrogen) atoms. The number of likely N-dealkylation sites (tertiary alicyclic amines) is 1. The molecule has 1 unspecified atom stereocenters. The normalized spacial score (nSPS) is 18.7. The molecular formula is C17H21N3O. The number of piperidine rings is 1. The fraction of sp³-hybridized carbons (Fsp3) is 0.412. The summed E-state index contributed by atoms with van der Waals surface area (Å²) in [6.45, 7) is 3.76. The van der Waals surface area contributed by atoms with Crippen molar-refractivity contribution in [2.45, 2.75) is 38.8 Å². The minimum Gasteiger partial charge on any atom is -0.336 e. The lowest BCUT2D eigenvalue weighted by molar-refractivity contribution is 0.0635. The summed E-state index contributed by atoms with van der Waals surface area (Å²) in [6.07, 6.45) is 7.18. The van der Waals surface area contributed by atoms with Crippen molar-refractivity contribution in [3.05, 3.63) is 53.9 Å². The summed E-state index contributed by atoms with van der Waals surface area (Å²) in [5.74, 6) is 0.160. The van der Waals surface area contributed by atoms with Crippen LogP contribution in [-0.4, -0.2) is 33.2 Å². The van der Waals surface area contributed by atoms with Crippen LogP contribution in [0.5, 0.6) is 0 Å². The first-order chi connectivity index (χ1) is 10.2. The minimum atomic E-state index is 0.160. The highest BCUT2D eigenvalue weighted by Crippen LogP contribution is 2.19. The van der Waals surface area contributed by atoms with Crippen LogP contribution >= 0.6 is 0 Å². The van der Waals surface area contributed by atoms with Gasteiger partial charge in [0.2, 0.25) is 0 Å². The molecule has 4 heteroatoms. The van der Waals surface area contributed by atoms with E-state index in [9.17, 15) is 4.79 Å². The first-order valence-corrected chi connectivity index (χ1v) is 7.61. The Balaban J connectivity index is 1.70. The molecule has 0 bridgehead atoms. The van der Waals surface area contributed by atoms with Gasteiger partial charge < -0.3 is 4.90 Å². The number of amides is 1. The molecule has 1 saturated heterocycles. The Bertz CT molecular complexity index is 589. The van der Waals surface area contributed by atoms with Crippen molar-refractivity contribution in [3.63, 3.8) is 0 Å². The number of nitrogens with zero attached hydrogens (tertiary/aromatic N) is 3. The number of carbonyl (C=O) groups is 1.